The maximum absolute atomic E-state index is 12.7. The van der Waals surface area contributed by atoms with Gasteiger partial charge in [0.1, 0.15) is 11.6 Å². The summed E-state index contributed by atoms with van der Waals surface area (Å²) in [4.78, 5) is 26.5. The van der Waals surface area contributed by atoms with E-state index in [4.69, 9.17) is 4.98 Å². The average molecular weight is 354 g/mol. The fourth-order valence-corrected chi connectivity index (χ4v) is 5.26. The molecule has 1 amide bonds. The minimum Gasteiger partial charge on any atom is -0.356 e. The molecule has 1 aromatic rings. The maximum Gasteiger partial charge on any atom is 0.222 e. The molecule has 1 aromatic heterocycles. The van der Waals surface area contributed by atoms with Crippen molar-refractivity contribution in [1.29, 1.82) is 0 Å². The van der Waals surface area contributed by atoms with Crippen LogP contribution in [0.5, 0.6) is 0 Å². The fraction of sp³-hybridized carbons (Fsp3) is 0.762. The van der Waals surface area contributed by atoms with Gasteiger partial charge < -0.3 is 9.80 Å². The van der Waals surface area contributed by atoms with Crippen LogP contribution < -0.4 is 4.90 Å². The SMILES string of the molecule is O=C(CC1CCN(c2ccnc(C3CC3)n2)CC1)N1CC2CCCC2C1. The van der Waals surface area contributed by atoms with E-state index in [1.165, 1.54) is 32.1 Å². The van der Waals surface area contributed by atoms with Gasteiger partial charge in [0.25, 0.3) is 0 Å². The molecule has 26 heavy (non-hydrogen) atoms. The predicted molar refractivity (Wildman–Crippen MR) is 101 cm³/mol. The van der Waals surface area contributed by atoms with Gasteiger partial charge in [0.2, 0.25) is 5.91 Å². The van der Waals surface area contributed by atoms with Crippen LogP contribution >= 0.6 is 0 Å². The molecular formula is C21H30N4O. The highest BCUT2D eigenvalue weighted by atomic mass is 16.2. The van der Waals surface area contributed by atoms with Gasteiger partial charge >= 0.3 is 0 Å². The lowest BCUT2D eigenvalue weighted by Crippen LogP contribution is -2.37. The summed E-state index contributed by atoms with van der Waals surface area (Å²) < 4.78 is 0. The zero-order valence-corrected chi connectivity index (χ0v) is 15.6. The first-order chi connectivity index (χ1) is 12.8. The monoisotopic (exact) mass is 354 g/mol. The first-order valence-corrected chi connectivity index (χ1v) is 10.6. The molecule has 3 heterocycles. The second-order valence-electron chi connectivity index (χ2n) is 8.93. The molecule has 2 atom stereocenters. The van der Waals surface area contributed by atoms with E-state index < -0.39 is 0 Å². The number of hydrogen-bond acceptors (Lipinski definition) is 4. The van der Waals surface area contributed by atoms with Gasteiger partial charge in [-0.2, -0.15) is 0 Å². The largest absolute Gasteiger partial charge is 0.356 e. The number of fused-ring (bicyclic) bond motifs is 1. The molecule has 2 aliphatic heterocycles. The zero-order chi connectivity index (χ0) is 17.5. The summed E-state index contributed by atoms with van der Waals surface area (Å²) in [5.41, 5.74) is 0. The molecule has 0 spiro atoms. The number of aromatic nitrogens is 2. The molecular weight excluding hydrogens is 324 g/mol. The van der Waals surface area contributed by atoms with E-state index >= 15 is 0 Å². The van der Waals surface area contributed by atoms with Crippen LogP contribution in [0.4, 0.5) is 5.82 Å². The summed E-state index contributed by atoms with van der Waals surface area (Å²) in [6.07, 6.45) is 11.4. The number of piperidine rings is 1. The molecule has 2 saturated heterocycles. The lowest BCUT2D eigenvalue weighted by Gasteiger charge is -2.33. The van der Waals surface area contributed by atoms with E-state index in [0.717, 1.165) is 68.9 Å². The first kappa shape index (κ1) is 16.5. The summed E-state index contributed by atoms with van der Waals surface area (Å²) in [7, 11) is 0. The Labute approximate surface area is 156 Å². The van der Waals surface area contributed by atoms with Crippen LogP contribution in [-0.4, -0.2) is 47.0 Å². The Bertz CT molecular complexity index is 654. The van der Waals surface area contributed by atoms with Crippen molar-refractivity contribution in [2.24, 2.45) is 17.8 Å². The summed E-state index contributed by atoms with van der Waals surface area (Å²) >= 11 is 0. The Morgan fingerprint density at radius 1 is 1.04 bits per heavy atom. The van der Waals surface area contributed by atoms with E-state index in [1.807, 2.05) is 12.3 Å². The van der Waals surface area contributed by atoms with Gasteiger partial charge in [-0.15, -0.1) is 0 Å². The highest BCUT2D eigenvalue weighted by Crippen LogP contribution is 2.39. The van der Waals surface area contributed by atoms with Crippen LogP contribution in [-0.2, 0) is 4.79 Å². The molecule has 4 aliphatic rings. The van der Waals surface area contributed by atoms with Gasteiger partial charge in [-0.1, -0.05) is 6.42 Å². The van der Waals surface area contributed by atoms with E-state index in [-0.39, 0.29) is 0 Å². The number of anilines is 1. The minimum absolute atomic E-state index is 0.413. The zero-order valence-electron chi connectivity index (χ0n) is 15.6. The van der Waals surface area contributed by atoms with Gasteiger partial charge in [-0.25, -0.2) is 9.97 Å². The van der Waals surface area contributed by atoms with Crippen molar-refractivity contribution in [3.05, 3.63) is 18.1 Å². The van der Waals surface area contributed by atoms with Gasteiger partial charge in [-0.3, -0.25) is 4.79 Å². The van der Waals surface area contributed by atoms with Crippen molar-refractivity contribution < 1.29 is 4.79 Å². The van der Waals surface area contributed by atoms with Crippen molar-refractivity contribution in [2.75, 3.05) is 31.1 Å². The number of rotatable bonds is 4. The highest BCUT2D eigenvalue weighted by molar-refractivity contribution is 5.76. The number of hydrogen-bond donors (Lipinski definition) is 0. The van der Waals surface area contributed by atoms with Crippen molar-refractivity contribution in [1.82, 2.24) is 14.9 Å². The van der Waals surface area contributed by atoms with Gasteiger partial charge in [-0.05, 0) is 62.3 Å². The van der Waals surface area contributed by atoms with E-state index in [1.54, 1.807) is 0 Å². The highest BCUT2D eigenvalue weighted by Gasteiger charge is 2.38. The van der Waals surface area contributed by atoms with E-state index in [0.29, 0.717) is 17.7 Å². The molecule has 2 aliphatic carbocycles. The Morgan fingerprint density at radius 2 is 1.77 bits per heavy atom. The number of likely N-dealkylation sites (tertiary alicyclic amines) is 1. The quantitative estimate of drug-likeness (QED) is 0.833. The number of nitrogens with zero attached hydrogens (tertiary/aromatic N) is 4. The van der Waals surface area contributed by atoms with Crippen LogP contribution in [0.2, 0.25) is 0 Å². The lowest BCUT2D eigenvalue weighted by atomic mass is 9.93. The Hall–Kier alpha value is -1.65. The Balaban J connectivity index is 1.12. The standard InChI is InChI=1S/C21H30N4O/c26-20(25-13-17-2-1-3-18(17)14-25)12-15-7-10-24(11-8-15)19-6-9-22-21(23-19)16-4-5-16/h6,9,15-18H,1-5,7-8,10-14H2. The fourth-order valence-electron chi connectivity index (χ4n) is 5.26. The predicted octanol–water partition coefficient (Wildman–Crippen LogP) is 3.22. The van der Waals surface area contributed by atoms with Crippen molar-refractivity contribution in [3.63, 3.8) is 0 Å². The van der Waals surface area contributed by atoms with Gasteiger partial charge in [0.15, 0.2) is 0 Å². The molecule has 5 rings (SSSR count). The molecule has 4 fully saturated rings. The third-order valence-corrected chi connectivity index (χ3v) is 7.08. The van der Waals surface area contributed by atoms with E-state index in [9.17, 15) is 4.79 Å². The molecule has 140 valence electrons. The molecule has 0 aromatic carbocycles. The van der Waals surface area contributed by atoms with Crippen molar-refractivity contribution in [2.45, 2.75) is 57.3 Å². The lowest BCUT2D eigenvalue weighted by molar-refractivity contribution is -0.131. The second-order valence-corrected chi connectivity index (χ2v) is 8.93. The average Bonchev–Trinajstić information content (AvgIpc) is 3.29. The van der Waals surface area contributed by atoms with Crippen LogP contribution in [0.25, 0.3) is 0 Å². The smallest absolute Gasteiger partial charge is 0.222 e. The number of carbonyl (C=O) groups excluding carboxylic acids is 1. The molecule has 2 saturated carbocycles. The second kappa shape index (κ2) is 6.82. The summed E-state index contributed by atoms with van der Waals surface area (Å²) in [6, 6.07) is 2.04. The van der Waals surface area contributed by atoms with Gasteiger partial charge in [0, 0.05) is 44.7 Å². The number of amides is 1. The minimum atomic E-state index is 0.413. The third kappa shape index (κ3) is 3.33. The van der Waals surface area contributed by atoms with Gasteiger partial charge in [0.05, 0.1) is 0 Å². The molecule has 0 bridgehead atoms. The van der Waals surface area contributed by atoms with Crippen molar-refractivity contribution >= 4 is 11.7 Å². The van der Waals surface area contributed by atoms with Crippen LogP contribution in [0, 0.1) is 17.8 Å². The topological polar surface area (TPSA) is 49.3 Å². The van der Waals surface area contributed by atoms with Crippen LogP contribution in [0.3, 0.4) is 0 Å². The number of carbonyl (C=O) groups is 1. The van der Waals surface area contributed by atoms with E-state index in [2.05, 4.69) is 14.8 Å². The normalized spacial score (nSPS) is 29.2. The maximum atomic E-state index is 12.7. The first-order valence-electron chi connectivity index (χ1n) is 10.6. The third-order valence-electron chi connectivity index (χ3n) is 7.08. The van der Waals surface area contributed by atoms with Crippen molar-refractivity contribution in [3.8, 4) is 0 Å². The summed E-state index contributed by atoms with van der Waals surface area (Å²) in [5, 5.41) is 0. The summed E-state index contributed by atoms with van der Waals surface area (Å²) in [6.45, 7) is 4.11. The molecule has 2 unspecified atom stereocenters. The molecule has 0 N–H and O–H groups in total. The summed E-state index contributed by atoms with van der Waals surface area (Å²) in [5.74, 6) is 5.28. The van der Waals surface area contributed by atoms with Crippen LogP contribution in [0.1, 0.15) is 63.1 Å². The molecule has 0 radical (unpaired) electrons. The Kier molecular flexibility index (Phi) is 4.33. The molecule has 5 heteroatoms. The van der Waals surface area contributed by atoms with Crippen LogP contribution in [0.15, 0.2) is 12.3 Å². The molecule has 5 nitrogen and oxygen atoms in total. The Morgan fingerprint density at radius 3 is 2.46 bits per heavy atom.